The lowest BCUT2D eigenvalue weighted by Gasteiger charge is -2.29. The average molecular weight is 314 g/mol. The van der Waals surface area contributed by atoms with Gasteiger partial charge in [-0.15, -0.1) is 0 Å². The highest BCUT2D eigenvalue weighted by Crippen LogP contribution is 2.22. The first-order valence-corrected chi connectivity index (χ1v) is 8.54. The molecule has 0 aromatic heterocycles. The summed E-state index contributed by atoms with van der Waals surface area (Å²) in [4.78, 5) is 16.5. The van der Waals surface area contributed by atoms with Gasteiger partial charge in [-0.3, -0.25) is 4.79 Å². The highest BCUT2D eigenvalue weighted by molar-refractivity contribution is 5.76. The van der Waals surface area contributed by atoms with Gasteiger partial charge in [-0.25, -0.2) is 0 Å². The predicted molar refractivity (Wildman–Crippen MR) is 92.4 cm³/mol. The van der Waals surface area contributed by atoms with Gasteiger partial charge in [0.25, 0.3) is 0 Å². The zero-order valence-electron chi connectivity index (χ0n) is 13.9. The molecule has 1 unspecified atom stereocenters. The Morgan fingerprint density at radius 3 is 2.65 bits per heavy atom. The Balaban J connectivity index is 1.52. The third kappa shape index (κ3) is 4.35. The molecule has 1 aliphatic carbocycles. The molecule has 3 rings (SSSR count). The molecule has 1 saturated heterocycles. The van der Waals surface area contributed by atoms with Crippen molar-refractivity contribution < 1.29 is 9.53 Å². The van der Waals surface area contributed by atoms with E-state index in [1.54, 1.807) is 0 Å². The lowest BCUT2D eigenvalue weighted by Crippen LogP contribution is -2.36. The summed E-state index contributed by atoms with van der Waals surface area (Å²) < 4.78 is 5.39. The summed E-state index contributed by atoms with van der Waals surface area (Å²) in [5, 5.41) is 0. The molecule has 2 aliphatic rings. The molecule has 4 nitrogen and oxygen atoms in total. The standard InChI is InChI=1S/C19H26N2O2/c1-20(19(22)14-16-4-2-3-5-16)15-17-6-8-18(9-7-17)21-10-12-23-13-11-21/h2,4,6-9,16H,3,5,10-15H2,1H3. The van der Waals surface area contributed by atoms with Crippen molar-refractivity contribution in [2.45, 2.75) is 25.8 Å². The summed E-state index contributed by atoms with van der Waals surface area (Å²) >= 11 is 0. The second-order valence-corrected chi connectivity index (χ2v) is 6.49. The minimum absolute atomic E-state index is 0.235. The third-order valence-electron chi connectivity index (χ3n) is 4.71. The molecule has 1 amide bonds. The van der Waals surface area contributed by atoms with Crippen LogP contribution in [0.3, 0.4) is 0 Å². The second-order valence-electron chi connectivity index (χ2n) is 6.49. The Bertz CT molecular complexity index is 547. The van der Waals surface area contributed by atoms with Crippen molar-refractivity contribution in [3.05, 3.63) is 42.0 Å². The molecule has 4 heteroatoms. The summed E-state index contributed by atoms with van der Waals surface area (Å²) in [6.07, 6.45) is 7.24. The number of hydrogen-bond acceptors (Lipinski definition) is 3. The van der Waals surface area contributed by atoms with Crippen LogP contribution >= 0.6 is 0 Å². The highest BCUT2D eigenvalue weighted by Gasteiger charge is 2.17. The second kappa shape index (κ2) is 7.64. The number of morpholine rings is 1. The molecule has 0 saturated carbocycles. The van der Waals surface area contributed by atoms with Crippen LogP contribution in [0.1, 0.15) is 24.8 Å². The molecule has 1 aliphatic heterocycles. The van der Waals surface area contributed by atoms with Gasteiger partial charge >= 0.3 is 0 Å². The maximum atomic E-state index is 12.3. The van der Waals surface area contributed by atoms with Gasteiger partial charge in [0.15, 0.2) is 0 Å². The maximum Gasteiger partial charge on any atom is 0.223 e. The van der Waals surface area contributed by atoms with Crippen molar-refractivity contribution in [1.29, 1.82) is 0 Å². The van der Waals surface area contributed by atoms with Crippen LogP contribution in [0, 0.1) is 5.92 Å². The lowest BCUT2D eigenvalue weighted by atomic mass is 10.0. The van der Waals surface area contributed by atoms with Gasteiger partial charge in [-0.2, -0.15) is 0 Å². The molecule has 0 N–H and O–H groups in total. The molecule has 0 spiro atoms. The number of carbonyl (C=O) groups is 1. The molecule has 1 fully saturated rings. The van der Waals surface area contributed by atoms with Crippen molar-refractivity contribution in [3.8, 4) is 0 Å². The fourth-order valence-corrected chi connectivity index (χ4v) is 3.24. The normalized spacial score (nSPS) is 20.7. The largest absolute Gasteiger partial charge is 0.378 e. The van der Waals surface area contributed by atoms with Gasteiger partial charge in [0.05, 0.1) is 13.2 Å². The number of carbonyl (C=O) groups excluding carboxylic acids is 1. The highest BCUT2D eigenvalue weighted by atomic mass is 16.5. The first-order chi connectivity index (χ1) is 11.2. The Morgan fingerprint density at radius 1 is 1.26 bits per heavy atom. The summed E-state index contributed by atoms with van der Waals surface area (Å²) in [5.74, 6) is 0.674. The van der Waals surface area contributed by atoms with Gasteiger partial charge in [-0.05, 0) is 36.5 Å². The molecule has 23 heavy (non-hydrogen) atoms. The summed E-state index contributed by atoms with van der Waals surface area (Å²) in [6.45, 7) is 4.18. The Morgan fingerprint density at radius 2 is 2.00 bits per heavy atom. The van der Waals surface area contributed by atoms with Crippen LogP contribution in [0.15, 0.2) is 36.4 Å². The number of anilines is 1. The molecule has 1 atom stereocenters. The van der Waals surface area contributed by atoms with Crippen LogP contribution in [0.4, 0.5) is 5.69 Å². The Hall–Kier alpha value is -1.81. The van der Waals surface area contributed by atoms with E-state index < -0.39 is 0 Å². The molecular formula is C19H26N2O2. The molecule has 124 valence electrons. The topological polar surface area (TPSA) is 32.8 Å². The van der Waals surface area contributed by atoms with Crippen molar-refractivity contribution in [1.82, 2.24) is 4.90 Å². The SMILES string of the molecule is CN(Cc1ccc(N2CCOCC2)cc1)C(=O)CC1C=CCC1. The van der Waals surface area contributed by atoms with Crippen LogP contribution in [0.2, 0.25) is 0 Å². The van der Waals surface area contributed by atoms with E-state index in [9.17, 15) is 4.79 Å². The maximum absolute atomic E-state index is 12.3. The predicted octanol–water partition coefficient (Wildman–Crippen LogP) is 2.84. The van der Waals surface area contributed by atoms with Gasteiger partial charge in [0, 0.05) is 38.8 Å². The Labute approximate surface area is 138 Å². The first kappa shape index (κ1) is 16.1. The number of ether oxygens (including phenoxy) is 1. The van der Waals surface area contributed by atoms with Gasteiger partial charge in [0.1, 0.15) is 0 Å². The van der Waals surface area contributed by atoms with E-state index >= 15 is 0 Å². The van der Waals surface area contributed by atoms with Crippen LogP contribution in [-0.4, -0.2) is 44.2 Å². The summed E-state index contributed by atoms with van der Waals surface area (Å²) in [5.41, 5.74) is 2.42. The van der Waals surface area contributed by atoms with E-state index in [2.05, 4.69) is 41.3 Å². The molecule has 1 aromatic rings. The van der Waals surface area contributed by atoms with E-state index in [0.29, 0.717) is 18.9 Å². The summed E-state index contributed by atoms with van der Waals surface area (Å²) in [6, 6.07) is 8.56. The van der Waals surface area contributed by atoms with Crippen LogP contribution in [-0.2, 0) is 16.1 Å². The zero-order chi connectivity index (χ0) is 16.1. The molecular weight excluding hydrogens is 288 g/mol. The van der Waals surface area contributed by atoms with Crippen LogP contribution in [0.5, 0.6) is 0 Å². The van der Waals surface area contributed by atoms with E-state index in [4.69, 9.17) is 4.74 Å². The van der Waals surface area contributed by atoms with Crippen LogP contribution in [0.25, 0.3) is 0 Å². The number of hydrogen-bond donors (Lipinski definition) is 0. The third-order valence-corrected chi connectivity index (χ3v) is 4.71. The van der Waals surface area contributed by atoms with Gasteiger partial charge < -0.3 is 14.5 Å². The monoisotopic (exact) mass is 314 g/mol. The zero-order valence-corrected chi connectivity index (χ0v) is 13.9. The lowest BCUT2D eigenvalue weighted by molar-refractivity contribution is -0.131. The van der Waals surface area contributed by atoms with Gasteiger partial charge in [-0.1, -0.05) is 24.3 Å². The first-order valence-electron chi connectivity index (χ1n) is 8.54. The van der Waals surface area contributed by atoms with E-state index in [-0.39, 0.29) is 5.91 Å². The van der Waals surface area contributed by atoms with E-state index in [1.807, 2.05) is 11.9 Å². The number of nitrogens with zero attached hydrogens (tertiary/aromatic N) is 2. The van der Waals surface area contributed by atoms with Crippen LogP contribution < -0.4 is 4.90 Å². The minimum atomic E-state index is 0.235. The fourth-order valence-electron chi connectivity index (χ4n) is 3.24. The molecule has 1 heterocycles. The minimum Gasteiger partial charge on any atom is -0.378 e. The number of amides is 1. The Kier molecular flexibility index (Phi) is 5.34. The van der Waals surface area contributed by atoms with E-state index in [1.165, 1.54) is 11.3 Å². The smallest absolute Gasteiger partial charge is 0.223 e. The van der Waals surface area contributed by atoms with Crippen molar-refractivity contribution in [3.63, 3.8) is 0 Å². The quantitative estimate of drug-likeness (QED) is 0.784. The summed E-state index contributed by atoms with van der Waals surface area (Å²) in [7, 11) is 1.90. The van der Waals surface area contributed by atoms with E-state index in [0.717, 1.165) is 39.1 Å². The number of rotatable bonds is 5. The number of benzene rings is 1. The fraction of sp³-hybridized carbons (Fsp3) is 0.526. The number of allylic oxidation sites excluding steroid dienone is 2. The van der Waals surface area contributed by atoms with Crippen molar-refractivity contribution in [2.24, 2.45) is 5.92 Å². The van der Waals surface area contributed by atoms with Gasteiger partial charge in [0.2, 0.25) is 5.91 Å². The van der Waals surface area contributed by atoms with Crippen molar-refractivity contribution in [2.75, 3.05) is 38.3 Å². The average Bonchev–Trinajstić information content (AvgIpc) is 3.09. The van der Waals surface area contributed by atoms with Crippen molar-refractivity contribution >= 4 is 11.6 Å². The molecule has 0 bridgehead atoms. The molecule has 0 radical (unpaired) electrons. The molecule has 1 aromatic carbocycles.